The van der Waals surface area contributed by atoms with Gasteiger partial charge in [-0.2, -0.15) is 0 Å². The molecule has 0 bridgehead atoms. The molecule has 22 nitrogen and oxygen atoms in total. The van der Waals surface area contributed by atoms with E-state index in [0.717, 1.165) is 5.56 Å². The third-order valence-electron chi connectivity index (χ3n) is 12.0. The average Bonchev–Trinajstić information content (AvgIpc) is 3.79. The van der Waals surface area contributed by atoms with Gasteiger partial charge in [-0.15, -0.1) is 0 Å². The van der Waals surface area contributed by atoms with E-state index in [4.69, 9.17) is 17.2 Å². The van der Waals surface area contributed by atoms with Gasteiger partial charge in [-0.1, -0.05) is 84.2 Å². The maximum atomic E-state index is 14.2. The second-order valence-electron chi connectivity index (χ2n) is 17.6. The maximum Gasteiger partial charge on any atom is 0.245 e. The Hall–Kier alpha value is -6.32. The Balaban J connectivity index is 2.34. The van der Waals surface area contributed by atoms with Gasteiger partial charge >= 0.3 is 0 Å². The molecule has 0 aliphatic carbocycles. The van der Waals surface area contributed by atoms with Gasteiger partial charge in [-0.25, -0.2) is 0 Å². The van der Waals surface area contributed by atoms with E-state index >= 15 is 0 Å². The quantitative estimate of drug-likeness (QED) is 0.0259. The molecule has 380 valence electrons. The zero-order chi connectivity index (χ0) is 51.2. The van der Waals surface area contributed by atoms with Crippen molar-refractivity contribution < 1.29 is 48.3 Å². The highest BCUT2D eigenvalue weighted by Crippen LogP contribution is 2.21. The first-order valence-corrected chi connectivity index (χ1v) is 23.5. The number of nitrogens with zero attached hydrogens (tertiary/aromatic N) is 2. The first kappa shape index (κ1) is 57.8. The van der Waals surface area contributed by atoms with Gasteiger partial charge in [0.2, 0.25) is 53.2 Å². The zero-order valence-corrected chi connectivity index (χ0v) is 40.8. The van der Waals surface area contributed by atoms with Crippen molar-refractivity contribution in [2.24, 2.45) is 34.0 Å². The predicted molar refractivity (Wildman–Crippen MR) is 254 cm³/mol. The first-order valence-electron chi connectivity index (χ1n) is 23.5. The first-order chi connectivity index (χ1) is 32.1. The van der Waals surface area contributed by atoms with E-state index in [1.54, 1.807) is 58.9 Å². The summed E-state index contributed by atoms with van der Waals surface area (Å²) in [5.74, 6) is -7.29. The van der Waals surface area contributed by atoms with Crippen LogP contribution in [0.15, 0.2) is 35.3 Å². The third-order valence-corrected chi connectivity index (χ3v) is 12.0. The number of aliphatic imine (C=N–C) groups is 1. The highest BCUT2D eigenvalue weighted by molar-refractivity contribution is 5.98. The molecule has 0 spiro atoms. The van der Waals surface area contributed by atoms with Crippen LogP contribution in [0.25, 0.3) is 0 Å². The number of primary amides is 1. The molecule has 14 N–H and O–H groups in total. The van der Waals surface area contributed by atoms with E-state index in [1.807, 2.05) is 6.07 Å². The molecule has 68 heavy (non-hydrogen) atoms. The minimum Gasteiger partial charge on any atom is -0.391 e. The molecule has 1 aromatic rings. The summed E-state index contributed by atoms with van der Waals surface area (Å²) in [5.41, 5.74) is 17.1. The molecule has 0 unspecified atom stereocenters. The standard InChI is InChI=1S/C46H76N12O10/c1-9-17-31(53-44(67)37(28(7)59)57-43(66)36(26(5)11-3)56-40(63)33(52-29(8)60)24-30-18-13-12-14-19-30)39(62)55-35(25(4)10-2)42(65)54-32(20-15-22-50-46(48)49)45(68)58-23-16-21-34(58)41(64)51-27(6)38(47)61/h12-14,18-19,25-28,31-37,59H,9-11,15-17,20-24H2,1-8H3,(H2,47,61)(H,51,64)(H,52,60)(H,53,67)(H,54,65)(H,55,62)(H,56,63)(H,57,66)(H4,48,49,50)/t25-,26-,27+,28+,31-,32-,33-,34-,35-,36+,37-/m0/s1. The number of rotatable bonds is 28. The van der Waals surface area contributed by atoms with Crippen molar-refractivity contribution in [3.05, 3.63) is 35.9 Å². The van der Waals surface area contributed by atoms with Crippen LogP contribution in [0.1, 0.15) is 112 Å². The smallest absolute Gasteiger partial charge is 0.245 e. The fourth-order valence-electron chi connectivity index (χ4n) is 7.59. The fourth-order valence-corrected chi connectivity index (χ4v) is 7.59. The fraction of sp³-hybridized carbons (Fsp3) is 0.652. The van der Waals surface area contributed by atoms with Crippen LogP contribution < -0.4 is 54.4 Å². The number of benzene rings is 1. The van der Waals surface area contributed by atoms with Crippen LogP contribution in [0.4, 0.5) is 0 Å². The normalized spacial score (nSPS) is 17.7. The Morgan fingerprint density at radius 1 is 0.691 bits per heavy atom. The summed E-state index contributed by atoms with van der Waals surface area (Å²) in [6.07, 6.45) is 1.05. The summed E-state index contributed by atoms with van der Waals surface area (Å²) in [5, 5.41) is 29.4. The second kappa shape index (κ2) is 28.8. The Labute approximate surface area is 399 Å². The molecule has 1 aliphatic rings. The summed E-state index contributed by atoms with van der Waals surface area (Å²) in [4.78, 5) is 126. The third kappa shape index (κ3) is 18.4. The summed E-state index contributed by atoms with van der Waals surface area (Å²) in [6, 6.07) is -0.424. The van der Waals surface area contributed by atoms with Gasteiger partial charge in [0.05, 0.1) is 6.10 Å². The number of aliphatic hydroxyl groups excluding tert-OH is 1. The summed E-state index contributed by atoms with van der Waals surface area (Å²) >= 11 is 0. The molecular formula is C46H76N12O10. The number of carbonyl (C=O) groups is 9. The lowest BCUT2D eigenvalue weighted by Gasteiger charge is -2.32. The number of hydrogen-bond acceptors (Lipinski definition) is 11. The van der Waals surface area contributed by atoms with E-state index in [0.29, 0.717) is 32.1 Å². The van der Waals surface area contributed by atoms with Gasteiger partial charge in [0.25, 0.3) is 0 Å². The van der Waals surface area contributed by atoms with E-state index < -0.39 is 119 Å². The van der Waals surface area contributed by atoms with Crippen molar-refractivity contribution in [3.63, 3.8) is 0 Å². The molecule has 9 amide bonds. The number of aliphatic hydroxyl groups is 1. The van der Waals surface area contributed by atoms with Crippen LogP contribution in [-0.2, 0) is 49.6 Å². The molecule has 0 aromatic heterocycles. The van der Waals surface area contributed by atoms with E-state index in [-0.39, 0.29) is 44.7 Å². The molecule has 0 saturated carbocycles. The Bertz CT molecular complexity index is 1910. The van der Waals surface area contributed by atoms with Crippen molar-refractivity contribution in [1.82, 2.24) is 42.1 Å². The highest BCUT2D eigenvalue weighted by Gasteiger charge is 2.40. The molecule has 1 aromatic carbocycles. The minimum atomic E-state index is -1.59. The number of nitrogens with one attached hydrogen (secondary N) is 7. The van der Waals surface area contributed by atoms with Crippen LogP contribution in [0.5, 0.6) is 0 Å². The van der Waals surface area contributed by atoms with Crippen LogP contribution in [0, 0.1) is 11.8 Å². The number of guanidine groups is 1. The van der Waals surface area contributed by atoms with Gasteiger partial charge in [-0.3, -0.25) is 48.1 Å². The molecule has 1 saturated heterocycles. The van der Waals surface area contributed by atoms with Crippen molar-refractivity contribution in [2.45, 2.75) is 168 Å². The summed E-state index contributed by atoms with van der Waals surface area (Å²) < 4.78 is 0. The summed E-state index contributed by atoms with van der Waals surface area (Å²) in [7, 11) is 0. The lowest BCUT2D eigenvalue weighted by atomic mass is 9.96. The van der Waals surface area contributed by atoms with Crippen LogP contribution in [0.2, 0.25) is 0 Å². The molecule has 1 fully saturated rings. The van der Waals surface area contributed by atoms with Crippen LogP contribution >= 0.6 is 0 Å². The number of amides is 9. The monoisotopic (exact) mass is 957 g/mol. The highest BCUT2D eigenvalue weighted by atomic mass is 16.3. The molecule has 11 atom stereocenters. The number of nitrogens with two attached hydrogens (primary N) is 3. The molecule has 22 heteroatoms. The molecule has 2 rings (SSSR count). The van der Waals surface area contributed by atoms with E-state index in [2.05, 4.69) is 42.2 Å². The molecule has 0 radical (unpaired) electrons. The minimum absolute atomic E-state index is 0.0527. The van der Waals surface area contributed by atoms with Crippen molar-refractivity contribution in [2.75, 3.05) is 13.1 Å². The van der Waals surface area contributed by atoms with Gasteiger partial charge in [-0.05, 0) is 63.4 Å². The van der Waals surface area contributed by atoms with Gasteiger partial charge in [0.1, 0.15) is 48.3 Å². The number of carbonyl (C=O) groups excluding carboxylic acids is 9. The van der Waals surface area contributed by atoms with Crippen molar-refractivity contribution in [3.8, 4) is 0 Å². The largest absolute Gasteiger partial charge is 0.391 e. The number of hydrogen-bond donors (Lipinski definition) is 11. The topological polar surface area (TPSA) is 352 Å². The molecule has 1 aliphatic heterocycles. The zero-order valence-electron chi connectivity index (χ0n) is 40.8. The Morgan fingerprint density at radius 3 is 1.74 bits per heavy atom. The average molecular weight is 957 g/mol. The van der Waals surface area contributed by atoms with Gasteiger partial charge < -0.3 is 64.4 Å². The van der Waals surface area contributed by atoms with Crippen molar-refractivity contribution >= 4 is 59.1 Å². The Kier molecular flexibility index (Phi) is 24.5. The lowest BCUT2D eigenvalue weighted by molar-refractivity contribution is -0.142. The SMILES string of the molecule is CCC[C@H](NC(=O)[C@@H](NC(=O)[C@H](NC(=O)[C@H](Cc1ccccc1)NC(C)=O)[C@@H](C)CC)[C@@H](C)O)C(=O)N[C@H](C(=O)N[C@@H](CCCN=C(N)N)C(=O)N1CCC[C@H]1C(=O)N[C@H](C)C(N)=O)[C@@H](C)CC. The number of likely N-dealkylation sites (tertiary alicyclic amines) is 1. The summed E-state index contributed by atoms with van der Waals surface area (Å²) in [6.45, 7) is 13.1. The predicted octanol–water partition coefficient (Wildman–Crippen LogP) is -1.53. The molecule has 1 heterocycles. The lowest BCUT2D eigenvalue weighted by Crippen LogP contribution is -2.63. The van der Waals surface area contributed by atoms with E-state index in [9.17, 15) is 48.3 Å². The van der Waals surface area contributed by atoms with Gasteiger partial charge in [0.15, 0.2) is 5.96 Å². The second-order valence-corrected chi connectivity index (χ2v) is 17.6. The van der Waals surface area contributed by atoms with Crippen LogP contribution in [-0.4, -0.2) is 137 Å². The van der Waals surface area contributed by atoms with Crippen molar-refractivity contribution in [1.29, 1.82) is 0 Å². The van der Waals surface area contributed by atoms with Gasteiger partial charge in [0, 0.05) is 26.4 Å². The van der Waals surface area contributed by atoms with Crippen LogP contribution in [0.3, 0.4) is 0 Å². The van der Waals surface area contributed by atoms with E-state index in [1.165, 1.54) is 25.7 Å². The Morgan fingerprint density at radius 2 is 1.22 bits per heavy atom. The maximum absolute atomic E-state index is 14.2. The molecular weight excluding hydrogens is 881 g/mol.